The highest BCUT2D eigenvalue weighted by Gasteiger charge is 2.26. The zero-order chi connectivity index (χ0) is 16.1. The second-order valence-corrected chi connectivity index (χ2v) is 6.93. The summed E-state index contributed by atoms with van der Waals surface area (Å²) in [6.45, 7) is 1.90. The van der Waals surface area contributed by atoms with Crippen molar-refractivity contribution in [2.45, 2.75) is 57.0 Å². The Kier molecular flexibility index (Phi) is 5.49. The molecule has 3 rings (SSSR count). The van der Waals surface area contributed by atoms with Crippen LogP contribution < -0.4 is 16.0 Å². The Morgan fingerprint density at radius 1 is 1.22 bits per heavy atom. The zero-order valence-corrected chi connectivity index (χ0v) is 13.8. The minimum Gasteiger partial charge on any atom is -0.356 e. The van der Waals surface area contributed by atoms with E-state index in [0.717, 1.165) is 44.6 Å². The molecular formula is C18H28N4O. The molecule has 3 N–H and O–H groups in total. The van der Waals surface area contributed by atoms with Crippen LogP contribution in [0.25, 0.3) is 0 Å². The van der Waals surface area contributed by atoms with Gasteiger partial charge < -0.3 is 16.0 Å². The summed E-state index contributed by atoms with van der Waals surface area (Å²) in [5, 5.41) is 3.22. The summed E-state index contributed by atoms with van der Waals surface area (Å²) in [6, 6.07) is 6.50. The molecule has 0 radical (unpaired) electrons. The number of hydrogen-bond acceptors (Lipinski definition) is 4. The lowest BCUT2D eigenvalue weighted by atomic mass is 9.83. The van der Waals surface area contributed by atoms with E-state index in [9.17, 15) is 4.79 Å². The highest BCUT2D eigenvalue weighted by atomic mass is 16.1. The average Bonchev–Trinajstić information content (AvgIpc) is 2.58. The van der Waals surface area contributed by atoms with Crippen LogP contribution >= 0.6 is 0 Å². The van der Waals surface area contributed by atoms with Gasteiger partial charge in [0.1, 0.15) is 5.82 Å². The van der Waals surface area contributed by atoms with E-state index in [1.165, 1.54) is 12.8 Å². The van der Waals surface area contributed by atoms with Crippen molar-refractivity contribution >= 4 is 11.7 Å². The van der Waals surface area contributed by atoms with Gasteiger partial charge in [0.2, 0.25) is 5.91 Å². The number of rotatable bonds is 4. The number of carbonyl (C=O) groups is 1. The topological polar surface area (TPSA) is 71.2 Å². The molecule has 23 heavy (non-hydrogen) atoms. The maximum atomic E-state index is 12.3. The largest absolute Gasteiger partial charge is 0.356 e. The third kappa shape index (κ3) is 4.44. The van der Waals surface area contributed by atoms with Crippen molar-refractivity contribution in [2.24, 2.45) is 11.7 Å². The number of pyridine rings is 1. The number of carbonyl (C=O) groups excluding carboxylic acids is 1. The van der Waals surface area contributed by atoms with Crippen LogP contribution in [0.4, 0.5) is 5.82 Å². The lowest BCUT2D eigenvalue weighted by Crippen LogP contribution is -2.46. The Morgan fingerprint density at radius 3 is 2.70 bits per heavy atom. The fraction of sp³-hybridized carbons (Fsp3) is 0.667. The van der Waals surface area contributed by atoms with Gasteiger partial charge in [-0.2, -0.15) is 0 Å². The fourth-order valence-corrected chi connectivity index (χ4v) is 3.81. The molecule has 1 saturated carbocycles. The van der Waals surface area contributed by atoms with Gasteiger partial charge >= 0.3 is 0 Å². The molecule has 5 nitrogen and oxygen atoms in total. The number of hydrogen-bond donors (Lipinski definition) is 2. The van der Waals surface area contributed by atoms with Gasteiger partial charge in [0, 0.05) is 37.8 Å². The number of amides is 1. The summed E-state index contributed by atoms with van der Waals surface area (Å²) in [5.74, 6) is 1.59. The first kappa shape index (κ1) is 16.2. The SMILES string of the molecule is NC1CCCCC1CC(=O)NC1CCN(c2ccccn2)CC1. The van der Waals surface area contributed by atoms with Crippen molar-refractivity contribution < 1.29 is 4.79 Å². The van der Waals surface area contributed by atoms with Crippen LogP contribution in [0.5, 0.6) is 0 Å². The van der Waals surface area contributed by atoms with Crippen LogP contribution in [-0.2, 0) is 4.79 Å². The van der Waals surface area contributed by atoms with E-state index in [2.05, 4.69) is 15.2 Å². The maximum Gasteiger partial charge on any atom is 0.220 e. The van der Waals surface area contributed by atoms with Crippen molar-refractivity contribution in [2.75, 3.05) is 18.0 Å². The molecular weight excluding hydrogens is 288 g/mol. The van der Waals surface area contributed by atoms with Crippen molar-refractivity contribution in [1.82, 2.24) is 10.3 Å². The molecule has 126 valence electrons. The Balaban J connectivity index is 1.42. The van der Waals surface area contributed by atoms with Gasteiger partial charge in [0.25, 0.3) is 0 Å². The maximum absolute atomic E-state index is 12.3. The van der Waals surface area contributed by atoms with Gasteiger partial charge in [-0.05, 0) is 43.7 Å². The summed E-state index contributed by atoms with van der Waals surface area (Å²) in [7, 11) is 0. The molecule has 1 aliphatic carbocycles. The quantitative estimate of drug-likeness (QED) is 0.892. The van der Waals surface area contributed by atoms with Crippen LogP contribution in [0, 0.1) is 5.92 Å². The lowest BCUT2D eigenvalue weighted by Gasteiger charge is -2.34. The van der Waals surface area contributed by atoms with E-state index in [-0.39, 0.29) is 11.9 Å². The van der Waals surface area contributed by atoms with Crippen molar-refractivity contribution in [3.63, 3.8) is 0 Å². The molecule has 2 aliphatic rings. The Hall–Kier alpha value is -1.62. The molecule has 2 atom stereocenters. The highest BCUT2D eigenvalue weighted by Crippen LogP contribution is 2.26. The van der Waals surface area contributed by atoms with E-state index in [4.69, 9.17) is 5.73 Å². The minimum absolute atomic E-state index is 0.184. The van der Waals surface area contributed by atoms with E-state index in [1.807, 2.05) is 24.4 Å². The van der Waals surface area contributed by atoms with Gasteiger partial charge in [-0.1, -0.05) is 18.9 Å². The predicted octanol–water partition coefficient (Wildman–Crippen LogP) is 2.07. The van der Waals surface area contributed by atoms with Crippen molar-refractivity contribution in [3.8, 4) is 0 Å². The molecule has 5 heteroatoms. The first-order chi connectivity index (χ1) is 11.2. The van der Waals surface area contributed by atoms with Gasteiger partial charge in [0.05, 0.1) is 0 Å². The number of nitrogens with zero attached hydrogens (tertiary/aromatic N) is 2. The Bertz CT molecular complexity index is 499. The van der Waals surface area contributed by atoms with Gasteiger partial charge in [-0.3, -0.25) is 4.79 Å². The van der Waals surface area contributed by atoms with Crippen LogP contribution in [-0.4, -0.2) is 36.1 Å². The van der Waals surface area contributed by atoms with Crippen LogP contribution in [0.3, 0.4) is 0 Å². The average molecular weight is 316 g/mol. The minimum atomic E-state index is 0.184. The smallest absolute Gasteiger partial charge is 0.220 e. The summed E-state index contributed by atoms with van der Waals surface area (Å²) in [4.78, 5) is 19.0. The third-order valence-electron chi connectivity index (χ3n) is 5.25. The van der Waals surface area contributed by atoms with Crippen molar-refractivity contribution in [3.05, 3.63) is 24.4 Å². The molecule has 0 aromatic carbocycles. The highest BCUT2D eigenvalue weighted by molar-refractivity contribution is 5.76. The predicted molar refractivity (Wildman–Crippen MR) is 92.2 cm³/mol. The second-order valence-electron chi connectivity index (χ2n) is 6.93. The first-order valence-corrected chi connectivity index (χ1v) is 8.93. The molecule has 2 fully saturated rings. The number of anilines is 1. The van der Waals surface area contributed by atoms with Crippen LogP contribution in [0.1, 0.15) is 44.9 Å². The summed E-state index contributed by atoms with van der Waals surface area (Å²) in [5.41, 5.74) is 6.15. The monoisotopic (exact) mass is 316 g/mol. The first-order valence-electron chi connectivity index (χ1n) is 8.93. The van der Waals surface area contributed by atoms with Gasteiger partial charge in [0.15, 0.2) is 0 Å². The van der Waals surface area contributed by atoms with Crippen LogP contribution in [0.15, 0.2) is 24.4 Å². The molecule has 2 heterocycles. The van der Waals surface area contributed by atoms with E-state index < -0.39 is 0 Å². The molecule has 1 aromatic rings. The molecule has 0 spiro atoms. The molecule has 1 amide bonds. The standard InChI is InChI=1S/C18H28N4O/c19-16-6-2-1-5-14(16)13-18(23)21-15-8-11-22(12-9-15)17-7-3-4-10-20-17/h3-4,7,10,14-16H,1-2,5-6,8-9,11-13,19H2,(H,21,23). The van der Waals surface area contributed by atoms with Crippen molar-refractivity contribution in [1.29, 1.82) is 0 Å². The zero-order valence-electron chi connectivity index (χ0n) is 13.8. The summed E-state index contributed by atoms with van der Waals surface area (Å²) < 4.78 is 0. The summed E-state index contributed by atoms with van der Waals surface area (Å²) in [6.07, 6.45) is 9.00. The molecule has 0 bridgehead atoms. The molecule has 1 aliphatic heterocycles. The van der Waals surface area contributed by atoms with Gasteiger partial charge in [-0.25, -0.2) is 4.98 Å². The molecule has 1 aromatic heterocycles. The number of nitrogens with two attached hydrogens (primary N) is 1. The normalized spacial score (nSPS) is 26.0. The summed E-state index contributed by atoms with van der Waals surface area (Å²) >= 11 is 0. The lowest BCUT2D eigenvalue weighted by molar-refractivity contribution is -0.123. The molecule has 1 saturated heterocycles. The number of piperidine rings is 1. The van der Waals surface area contributed by atoms with E-state index in [1.54, 1.807) is 0 Å². The molecule has 2 unspecified atom stereocenters. The fourth-order valence-electron chi connectivity index (χ4n) is 3.81. The van der Waals surface area contributed by atoms with Gasteiger partial charge in [-0.15, -0.1) is 0 Å². The van der Waals surface area contributed by atoms with Crippen LogP contribution in [0.2, 0.25) is 0 Å². The number of aromatic nitrogens is 1. The Labute approximate surface area is 138 Å². The number of nitrogens with one attached hydrogen (secondary N) is 1. The Morgan fingerprint density at radius 2 is 2.00 bits per heavy atom. The van der Waals surface area contributed by atoms with E-state index in [0.29, 0.717) is 18.4 Å². The third-order valence-corrected chi connectivity index (χ3v) is 5.25. The second kappa shape index (κ2) is 7.77. The van der Waals surface area contributed by atoms with E-state index >= 15 is 0 Å².